The molecule has 0 fully saturated rings. The molecule has 0 atom stereocenters. The average molecular weight is 304 g/mol. The summed E-state index contributed by atoms with van der Waals surface area (Å²) in [5.41, 5.74) is 1.13. The molecule has 0 spiro atoms. The molecule has 0 saturated carbocycles. The van der Waals surface area contributed by atoms with Gasteiger partial charge in [-0.15, -0.1) is 0 Å². The maximum absolute atomic E-state index is 11.9. The van der Waals surface area contributed by atoms with Crippen molar-refractivity contribution in [2.75, 3.05) is 0 Å². The van der Waals surface area contributed by atoms with Crippen LogP contribution < -0.4 is 4.72 Å². The summed E-state index contributed by atoms with van der Waals surface area (Å²) >= 11 is 0. The van der Waals surface area contributed by atoms with Crippen LogP contribution in [0.1, 0.15) is 18.4 Å². The van der Waals surface area contributed by atoms with Crippen LogP contribution in [0.15, 0.2) is 59.8 Å². The molecule has 0 unspecified atom stereocenters. The maximum atomic E-state index is 11.9. The highest BCUT2D eigenvalue weighted by molar-refractivity contribution is 7.90. The first kappa shape index (κ1) is 15.2. The Kier molecular flexibility index (Phi) is 5.05. The molecular weight excluding hydrogens is 288 g/mol. The van der Waals surface area contributed by atoms with Gasteiger partial charge in [-0.2, -0.15) is 0 Å². The van der Waals surface area contributed by atoms with E-state index in [0.717, 1.165) is 12.0 Å². The van der Waals surface area contributed by atoms with E-state index in [0.29, 0.717) is 6.42 Å². The topological polar surface area (TPSA) is 76.1 Å². The van der Waals surface area contributed by atoms with Crippen molar-refractivity contribution < 1.29 is 13.2 Å². The van der Waals surface area contributed by atoms with Crippen LogP contribution >= 0.6 is 0 Å². The lowest BCUT2D eigenvalue weighted by molar-refractivity contribution is -0.119. The summed E-state index contributed by atoms with van der Waals surface area (Å²) in [4.78, 5) is 15.4. The minimum Gasteiger partial charge on any atom is -0.274 e. The number of carbonyl (C=O) groups excluding carboxylic acids is 1. The second-order valence-corrected chi connectivity index (χ2v) is 6.24. The van der Waals surface area contributed by atoms with E-state index >= 15 is 0 Å². The van der Waals surface area contributed by atoms with Gasteiger partial charge in [0, 0.05) is 18.8 Å². The lowest BCUT2D eigenvalue weighted by Crippen LogP contribution is -2.30. The average Bonchev–Trinajstić information content (AvgIpc) is 2.49. The molecule has 0 radical (unpaired) electrons. The Morgan fingerprint density at radius 2 is 1.86 bits per heavy atom. The van der Waals surface area contributed by atoms with Crippen LogP contribution in [0.3, 0.4) is 0 Å². The molecule has 0 saturated heterocycles. The van der Waals surface area contributed by atoms with Crippen LogP contribution in [-0.2, 0) is 21.2 Å². The quantitative estimate of drug-likeness (QED) is 0.884. The molecule has 1 amide bonds. The van der Waals surface area contributed by atoms with Gasteiger partial charge in [0.05, 0.1) is 0 Å². The van der Waals surface area contributed by atoms with E-state index in [1.54, 1.807) is 0 Å². The van der Waals surface area contributed by atoms with Crippen molar-refractivity contribution in [3.63, 3.8) is 0 Å². The SMILES string of the molecule is O=C(CCCc1ccccc1)NS(=O)(=O)c1cccnc1. The normalized spacial score (nSPS) is 11.0. The molecule has 2 rings (SSSR count). The number of nitrogens with zero attached hydrogens (tertiary/aromatic N) is 1. The van der Waals surface area contributed by atoms with E-state index in [4.69, 9.17) is 0 Å². The van der Waals surface area contributed by atoms with E-state index in [2.05, 4.69) is 9.71 Å². The third-order valence-electron chi connectivity index (χ3n) is 2.91. The van der Waals surface area contributed by atoms with Gasteiger partial charge in [-0.25, -0.2) is 13.1 Å². The highest BCUT2D eigenvalue weighted by Gasteiger charge is 2.17. The van der Waals surface area contributed by atoms with Crippen LogP contribution in [0.2, 0.25) is 0 Å². The summed E-state index contributed by atoms with van der Waals surface area (Å²) < 4.78 is 25.9. The van der Waals surface area contributed by atoms with Gasteiger partial charge in [0.25, 0.3) is 10.0 Å². The first-order chi connectivity index (χ1) is 10.1. The number of aryl methyl sites for hydroxylation is 1. The molecule has 1 heterocycles. The number of nitrogens with one attached hydrogen (secondary N) is 1. The summed E-state index contributed by atoms with van der Waals surface area (Å²) in [5, 5.41) is 0. The monoisotopic (exact) mass is 304 g/mol. The molecule has 5 nitrogen and oxygen atoms in total. The molecule has 6 heteroatoms. The van der Waals surface area contributed by atoms with Crippen molar-refractivity contribution in [3.8, 4) is 0 Å². The summed E-state index contributed by atoms with van der Waals surface area (Å²) in [6.07, 6.45) is 4.17. The fourth-order valence-electron chi connectivity index (χ4n) is 1.86. The van der Waals surface area contributed by atoms with E-state index in [9.17, 15) is 13.2 Å². The maximum Gasteiger partial charge on any atom is 0.265 e. The summed E-state index contributed by atoms with van der Waals surface area (Å²) in [7, 11) is -3.82. The predicted octanol–water partition coefficient (Wildman–Crippen LogP) is 1.91. The Bertz CT molecular complexity index is 685. The minimum atomic E-state index is -3.82. The van der Waals surface area contributed by atoms with Crippen LogP contribution in [0, 0.1) is 0 Å². The zero-order valence-corrected chi connectivity index (χ0v) is 12.2. The predicted molar refractivity (Wildman–Crippen MR) is 78.9 cm³/mol. The van der Waals surface area contributed by atoms with Crippen LogP contribution in [0.5, 0.6) is 0 Å². The van der Waals surface area contributed by atoms with Crippen molar-refractivity contribution in [2.24, 2.45) is 0 Å². The van der Waals surface area contributed by atoms with Gasteiger partial charge in [0.2, 0.25) is 5.91 Å². The summed E-state index contributed by atoms with van der Waals surface area (Å²) in [6.45, 7) is 0. The van der Waals surface area contributed by atoms with Gasteiger partial charge in [0.15, 0.2) is 0 Å². The molecule has 0 aliphatic carbocycles. The number of sulfonamides is 1. The van der Waals surface area contributed by atoms with Crippen molar-refractivity contribution in [2.45, 2.75) is 24.2 Å². The smallest absolute Gasteiger partial charge is 0.265 e. The minimum absolute atomic E-state index is 0.0126. The standard InChI is InChI=1S/C15H16N2O3S/c18-15(10-4-8-13-6-2-1-3-7-13)17-21(19,20)14-9-5-11-16-12-14/h1-3,5-7,9,11-12H,4,8,10H2,(H,17,18). The van der Waals surface area contributed by atoms with E-state index in [1.165, 1.54) is 24.5 Å². The molecule has 0 bridgehead atoms. The number of hydrogen-bond donors (Lipinski definition) is 1. The second kappa shape index (κ2) is 6.99. The van der Waals surface area contributed by atoms with Crippen LogP contribution in [-0.4, -0.2) is 19.3 Å². The van der Waals surface area contributed by atoms with Crippen molar-refractivity contribution in [1.29, 1.82) is 0 Å². The zero-order chi connectivity index (χ0) is 15.1. The lowest BCUT2D eigenvalue weighted by Gasteiger charge is -2.06. The van der Waals surface area contributed by atoms with Gasteiger partial charge < -0.3 is 0 Å². The number of amides is 1. The molecule has 1 N–H and O–H groups in total. The first-order valence-corrected chi connectivity index (χ1v) is 8.06. The summed E-state index contributed by atoms with van der Waals surface area (Å²) in [5.74, 6) is -0.505. The molecule has 1 aromatic carbocycles. The van der Waals surface area contributed by atoms with E-state index in [1.807, 2.05) is 30.3 Å². The lowest BCUT2D eigenvalue weighted by atomic mass is 10.1. The fraction of sp³-hybridized carbons (Fsp3) is 0.200. The Hall–Kier alpha value is -2.21. The Morgan fingerprint density at radius 1 is 1.10 bits per heavy atom. The second-order valence-electron chi connectivity index (χ2n) is 4.56. The molecule has 21 heavy (non-hydrogen) atoms. The van der Waals surface area contributed by atoms with Crippen LogP contribution in [0.4, 0.5) is 0 Å². The van der Waals surface area contributed by atoms with Gasteiger partial charge >= 0.3 is 0 Å². The van der Waals surface area contributed by atoms with Gasteiger partial charge in [-0.3, -0.25) is 9.78 Å². The van der Waals surface area contributed by atoms with Gasteiger partial charge in [-0.1, -0.05) is 30.3 Å². The van der Waals surface area contributed by atoms with E-state index < -0.39 is 15.9 Å². The van der Waals surface area contributed by atoms with Gasteiger partial charge in [0.1, 0.15) is 4.90 Å². The number of aromatic nitrogens is 1. The van der Waals surface area contributed by atoms with E-state index in [-0.39, 0.29) is 11.3 Å². The largest absolute Gasteiger partial charge is 0.274 e. The van der Waals surface area contributed by atoms with Crippen molar-refractivity contribution in [3.05, 3.63) is 60.4 Å². The molecule has 0 aliphatic rings. The molecular formula is C15H16N2O3S. The Labute approximate surface area is 124 Å². The first-order valence-electron chi connectivity index (χ1n) is 6.57. The zero-order valence-electron chi connectivity index (χ0n) is 11.4. The number of rotatable bonds is 6. The number of pyridine rings is 1. The number of hydrogen-bond acceptors (Lipinski definition) is 4. The highest BCUT2D eigenvalue weighted by Crippen LogP contribution is 2.07. The number of carbonyl (C=O) groups is 1. The Balaban J connectivity index is 1.85. The third-order valence-corrected chi connectivity index (χ3v) is 4.26. The fourth-order valence-corrected chi connectivity index (χ4v) is 2.84. The highest BCUT2D eigenvalue weighted by atomic mass is 32.2. The van der Waals surface area contributed by atoms with Crippen molar-refractivity contribution in [1.82, 2.24) is 9.71 Å². The third kappa shape index (κ3) is 4.68. The van der Waals surface area contributed by atoms with Crippen molar-refractivity contribution >= 4 is 15.9 Å². The molecule has 1 aromatic heterocycles. The van der Waals surface area contributed by atoms with Gasteiger partial charge in [-0.05, 0) is 30.5 Å². The molecule has 2 aromatic rings. The molecule has 110 valence electrons. The number of benzene rings is 1. The Morgan fingerprint density at radius 3 is 2.52 bits per heavy atom. The summed E-state index contributed by atoms with van der Waals surface area (Å²) in [6, 6.07) is 12.6. The van der Waals surface area contributed by atoms with Crippen LogP contribution in [0.25, 0.3) is 0 Å². The molecule has 0 aliphatic heterocycles.